The highest BCUT2D eigenvalue weighted by atomic mass is 32.2. The lowest BCUT2D eigenvalue weighted by Crippen LogP contribution is -2.17. The number of aromatic amines is 1. The first-order valence-corrected chi connectivity index (χ1v) is 9.15. The summed E-state index contributed by atoms with van der Waals surface area (Å²) in [6.45, 7) is 2.82. The minimum atomic E-state index is 0.614. The molecule has 6 heteroatoms. The Morgan fingerprint density at radius 2 is 1.96 bits per heavy atom. The lowest BCUT2D eigenvalue weighted by atomic mass is 10.1. The average molecular weight is 341 g/mol. The second-order valence-corrected chi connectivity index (χ2v) is 6.55. The molecule has 1 aromatic heterocycles. The lowest BCUT2D eigenvalue weighted by molar-refractivity contribution is 0.171. The lowest BCUT2D eigenvalue weighted by Gasteiger charge is -2.21. The van der Waals surface area contributed by atoms with Gasteiger partial charge in [0.25, 0.3) is 0 Å². The maximum Gasteiger partial charge on any atom is 0.162 e. The van der Waals surface area contributed by atoms with E-state index in [1.54, 1.807) is 11.8 Å². The van der Waals surface area contributed by atoms with Crippen molar-refractivity contribution in [1.29, 1.82) is 0 Å². The van der Waals surface area contributed by atoms with E-state index >= 15 is 0 Å². The van der Waals surface area contributed by atoms with Crippen LogP contribution in [-0.2, 0) is 13.1 Å². The zero-order valence-corrected chi connectivity index (χ0v) is 14.3. The van der Waals surface area contributed by atoms with Crippen LogP contribution in [0.25, 0.3) is 10.9 Å². The molecule has 1 aliphatic rings. The van der Waals surface area contributed by atoms with Gasteiger partial charge in [-0.2, -0.15) is 5.10 Å². The highest BCUT2D eigenvalue weighted by molar-refractivity contribution is 7.98. The molecule has 0 saturated carbocycles. The molecule has 5 nitrogen and oxygen atoms in total. The normalized spacial score (nSPS) is 13.4. The van der Waals surface area contributed by atoms with E-state index < -0.39 is 0 Å². The summed E-state index contributed by atoms with van der Waals surface area (Å²) in [4.78, 5) is 1.22. The fourth-order valence-electron chi connectivity index (χ4n) is 2.88. The van der Waals surface area contributed by atoms with E-state index in [9.17, 15) is 0 Å². The fourth-order valence-corrected chi connectivity index (χ4v) is 3.49. The zero-order chi connectivity index (χ0) is 16.4. The predicted molar refractivity (Wildman–Crippen MR) is 95.9 cm³/mol. The van der Waals surface area contributed by atoms with Crippen LogP contribution in [0.4, 0.5) is 0 Å². The van der Waals surface area contributed by atoms with Crippen LogP contribution in [-0.4, -0.2) is 29.7 Å². The van der Waals surface area contributed by atoms with Gasteiger partial charge in [0.15, 0.2) is 11.5 Å². The van der Waals surface area contributed by atoms with Crippen LogP contribution in [0.3, 0.4) is 0 Å². The van der Waals surface area contributed by atoms with E-state index in [1.807, 2.05) is 6.20 Å². The third-order valence-electron chi connectivity index (χ3n) is 4.10. The molecule has 0 fully saturated rings. The monoisotopic (exact) mass is 341 g/mol. The minimum absolute atomic E-state index is 0.614. The maximum atomic E-state index is 5.69. The molecule has 0 aliphatic carbocycles. The summed E-state index contributed by atoms with van der Waals surface area (Å²) in [6.07, 6.45) is 3.92. The van der Waals surface area contributed by atoms with Gasteiger partial charge in [-0.1, -0.05) is 12.1 Å². The summed E-state index contributed by atoms with van der Waals surface area (Å²) >= 11 is 1.73. The van der Waals surface area contributed by atoms with Crippen LogP contribution < -0.4 is 14.8 Å². The van der Waals surface area contributed by atoms with Crippen molar-refractivity contribution in [3.05, 3.63) is 47.7 Å². The number of hydrogen-bond donors (Lipinski definition) is 2. The average Bonchev–Trinajstić information content (AvgIpc) is 3.09. The quantitative estimate of drug-likeness (QED) is 0.697. The van der Waals surface area contributed by atoms with Crippen LogP contribution in [0, 0.1) is 0 Å². The van der Waals surface area contributed by atoms with E-state index in [0.717, 1.165) is 35.5 Å². The molecule has 0 radical (unpaired) electrons. The molecule has 0 saturated heterocycles. The third kappa shape index (κ3) is 3.07. The number of H-pyrrole nitrogens is 1. The topological polar surface area (TPSA) is 59.2 Å². The summed E-state index contributed by atoms with van der Waals surface area (Å²) in [5.41, 5.74) is 3.53. The van der Waals surface area contributed by atoms with Crippen molar-refractivity contribution in [1.82, 2.24) is 15.5 Å². The number of ether oxygens (including phenoxy) is 2. The summed E-state index contributed by atoms with van der Waals surface area (Å²) in [5.74, 6) is 1.69. The molecular weight excluding hydrogens is 322 g/mol. The first-order chi connectivity index (χ1) is 11.8. The molecule has 4 rings (SSSR count). The standard InChI is InChI=1S/C18H19N3O2S/c1-24-18-8-17-16(22-4-5-23-17)7-14(18)10-19-9-12-2-3-13-11-20-21-15(13)6-12/h2-3,6-8,11,19H,4-5,9-10H2,1H3,(H,20,21). The van der Waals surface area contributed by atoms with E-state index in [0.29, 0.717) is 13.2 Å². The van der Waals surface area contributed by atoms with Crippen molar-refractivity contribution in [3.63, 3.8) is 0 Å². The van der Waals surface area contributed by atoms with Gasteiger partial charge >= 0.3 is 0 Å². The highest BCUT2D eigenvalue weighted by Crippen LogP contribution is 2.36. The van der Waals surface area contributed by atoms with E-state index in [-0.39, 0.29) is 0 Å². The van der Waals surface area contributed by atoms with E-state index in [4.69, 9.17) is 9.47 Å². The number of nitrogens with one attached hydrogen (secondary N) is 2. The third-order valence-corrected chi connectivity index (χ3v) is 4.92. The Morgan fingerprint density at radius 3 is 2.79 bits per heavy atom. The van der Waals surface area contributed by atoms with Gasteiger partial charge in [0.05, 0.1) is 11.7 Å². The number of benzene rings is 2. The van der Waals surface area contributed by atoms with Crippen molar-refractivity contribution >= 4 is 22.7 Å². The van der Waals surface area contributed by atoms with Crippen LogP contribution in [0.1, 0.15) is 11.1 Å². The smallest absolute Gasteiger partial charge is 0.162 e. The molecule has 0 unspecified atom stereocenters. The molecule has 1 aliphatic heterocycles. The summed E-state index contributed by atoms with van der Waals surface area (Å²) in [5, 5.41) is 11.7. The van der Waals surface area contributed by atoms with Crippen LogP contribution >= 0.6 is 11.8 Å². The summed E-state index contributed by atoms with van der Waals surface area (Å²) < 4.78 is 11.4. The maximum absolute atomic E-state index is 5.69. The van der Waals surface area contributed by atoms with Crippen LogP contribution in [0.2, 0.25) is 0 Å². The number of nitrogens with zero attached hydrogens (tertiary/aromatic N) is 1. The number of rotatable bonds is 5. The van der Waals surface area contributed by atoms with Crippen molar-refractivity contribution < 1.29 is 9.47 Å². The highest BCUT2D eigenvalue weighted by Gasteiger charge is 2.15. The van der Waals surface area contributed by atoms with Crippen LogP contribution in [0.15, 0.2) is 41.4 Å². The molecule has 0 atom stereocenters. The van der Waals surface area contributed by atoms with Gasteiger partial charge in [0.1, 0.15) is 13.2 Å². The minimum Gasteiger partial charge on any atom is -0.486 e. The SMILES string of the molecule is CSc1cc2c(cc1CNCc1ccc3cn[nH]c3c1)OCCO2. The molecule has 24 heavy (non-hydrogen) atoms. The van der Waals surface area contributed by atoms with Gasteiger partial charge in [0, 0.05) is 23.4 Å². The Kier molecular flexibility index (Phi) is 4.32. The Morgan fingerprint density at radius 1 is 1.12 bits per heavy atom. The van der Waals surface area contributed by atoms with E-state index in [1.165, 1.54) is 16.0 Å². The van der Waals surface area contributed by atoms with Crippen molar-refractivity contribution in [2.45, 2.75) is 18.0 Å². The fraction of sp³-hybridized carbons (Fsp3) is 0.278. The van der Waals surface area contributed by atoms with Gasteiger partial charge in [0.2, 0.25) is 0 Å². The first kappa shape index (κ1) is 15.4. The van der Waals surface area contributed by atoms with Gasteiger partial charge in [-0.25, -0.2) is 0 Å². The molecule has 0 spiro atoms. The molecule has 2 heterocycles. The number of hydrogen-bond acceptors (Lipinski definition) is 5. The molecule has 124 valence electrons. The largest absolute Gasteiger partial charge is 0.486 e. The van der Waals surface area contributed by atoms with Crippen molar-refractivity contribution in [2.75, 3.05) is 19.5 Å². The summed E-state index contributed by atoms with van der Waals surface area (Å²) in [7, 11) is 0. The van der Waals surface area contributed by atoms with Gasteiger partial charge in [-0.15, -0.1) is 11.8 Å². The van der Waals surface area contributed by atoms with Crippen LogP contribution in [0.5, 0.6) is 11.5 Å². The predicted octanol–water partition coefficient (Wildman–Crippen LogP) is 3.35. The Bertz CT molecular complexity index is 863. The number of aromatic nitrogens is 2. The Hall–Kier alpha value is -2.18. The Labute approximate surface area is 144 Å². The Balaban J connectivity index is 1.46. The second-order valence-electron chi connectivity index (χ2n) is 5.70. The van der Waals surface area contributed by atoms with Gasteiger partial charge < -0.3 is 14.8 Å². The van der Waals surface area contributed by atoms with Gasteiger partial charge in [-0.3, -0.25) is 5.10 Å². The number of thioether (sulfide) groups is 1. The molecule has 0 amide bonds. The summed E-state index contributed by atoms with van der Waals surface area (Å²) in [6, 6.07) is 10.5. The molecular formula is C18H19N3O2S. The van der Waals surface area contributed by atoms with E-state index in [2.05, 4.69) is 52.1 Å². The van der Waals surface area contributed by atoms with Crippen molar-refractivity contribution in [2.24, 2.45) is 0 Å². The molecule has 0 bridgehead atoms. The first-order valence-electron chi connectivity index (χ1n) is 7.93. The van der Waals surface area contributed by atoms with Gasteiger partial charge in [-0.05, 0) is 35.6 Å². The number of fused-ring (bicyclic) bond motifs is 2. The van der Waals surface area contributed by atoms with Crippen molar-refractivity contribution in [3.8, 4) is 11.5 Å². The molecule has 2 N–H and O–H groups in total. The molecule has 2 aromatic carbocycles. The zero-order valence-electron chi connectivity index (χ0n) is 13.5. The second kappa shape index (κ2) is 6.75. The molecule has 3 aromatic rings.